The second kappa shape index (κ2) is 7.24. The summed E-state index contributed by atoms with van der Waals surface area (Å²) >= 11 is 1.66. The lowest BCUT2D eigenvalue weighted by atomic mass is 10.2. The molecule has 0 aliphatic heterocycles. The van der Waals surface area contributed by atoms with E-state index in [9.17, 15) is 4.79 Å². The van der Waals surface area contributed by atoms with Crippen LogP contribution in [0.3, 0.4) is 0 Å². The van der Waals surface area contributed by atoms with Crippen LogP contribution in [0.1, 0.15) is 37.0 Å². The highest BCUT2D eigenvalue weighted by molar-refractivity contribution is 7.98. The summed E-state index contributed by atoms with van der Waals surface area (Å²) in [6, 6.07) is 8.28. The summed E-state index contributed by atoms with van der Waals surface area (Å²) in [4.78, 5) is 16.9. The average Bonchev–Trinajstić information content (AvgIpc) is 2.84. The molecule has 4 nitrogen and oxygen atoms in total. The van der Waals surface area contributed by atoms with E-state index in [1.807, 2.05) is 13.0 Å². The van der Waals surface area contributed by atoms with Gasteiger partial charge in [-0.3, -0.25) is 4.79 Å². The molecule has 106 valence electrons. The van der Waals surface area contributed by atoms with Crippen LogP contribution in [0.15, 0.2) is 33.7 Å². The first kappa shape index (κ1) is 14.8. The molecular weight excluding hydrogens is 272 g/mol. The Kier molecular flexibility index (Phi) is 5.35. The van der Waals surface area contributed by atoms with Gasteiger partial charge < -0.3 is 4.52 Å². The van der Waals surface area contributed by atoms with Gasteiger partial charge in [0.05, 0.1) is 12.2 Å². The van der Waals surface area contributed by atoms with E-state index in [2.05, 4.69) is 35.3 Å². The third-order valence-corrected chi connectivity index (χ3v) is 3.73. The van der Waals surface area contributed by atoms with Crippen LogP contribution in [0.4, 0.5) is 0 Å². The van der Waals surface area contributed by atoms with Crippen LogP contribution in [0.25, 0.3) is 0 Å². The number of hydrogen-bond donors (Lipinski definition) is 0. The molecule has 0 bridgehead atoms. The van der Waals surface area contributed by atoms with Gasteiger partial charge in [-0.05, 0) is 25.5 Å². The van der Waals surface area contributed by atoms with E-state index < -0.39 is 0 Å². The van der Waals surface area contributed by atoms with Gasteiger partial charge in [-0.1, -0.05) is 29.8 Å². The van der Waals surface area contributed by atoms with Crippen LogP contribution in [0, 0.1) is 6.92 Å². The van der Waals surface area contributed by atoms with E-state index in [-0.39, 0.29) is 12.2 Å². The molecule has 0 amide bonds. The number of aromatic nitrogens is 2. The summed E-state index contributed by atoms with van der Waals surface area (Å²) in [7, 11) is 0. The van der Waals surface area contributed by atoms with E-state index in [0.717, 1.165) is 6.42 Å². The number of rotatable bonds is 7. The monoisotopic (exact) mass is 290 g/mol. The first-order valence-electron chi connectivity index (χ1n) is 6.70. The van der Waals surface area contributed by atoms with Crippen LogP contribution in [-0.4, -0.2) is 15.9 Å². The zero-order valence-corrected chi connectivity index (χ0v) is 12.6. The Morgan fingerprint density at radius 2 is 2.25 bits per heavy atom. The molecule has 20 heavy (non-hydrogen) atoms. The number of Topliss-reactive ketones (excluding diaryl/α,β-unsaturated/α-hetero) is 1. The first-order valence-corrected chi connectivity index (χ1v) is 7.68. The molecule has 2 rings (SSSR count). The third kappa shape index (κ3) is 4.49. The maximum atomic E-state index is 11.5. The van der Waals surface area contributed by atoms with Crippen molar-refractivity contribution in [2.24, 2.45) is 0 Å². The van der Waals surface area contributed by atoms with Crippen LogP contribution >= 0.6 is 11.8 Å². The molecule has 1 aromatic carbocycles. The maximum Gasteiger partial charge on any atom is 0.234 e. The Balaban J connectivity index is 1.88. The van der Waals surface area contributed by atoms with E-state index in [0.29, 0.717) is 23.9 Å². The molecule has 2 aromatic rings. The van der Waals surface area contributed by atoms with Crippen molar-refractivity contribution in [1.29, 1.82) is 0 Å². The number of carbonyl (C=O) groups is 1. The zero-order valence-electron chi connectivity index (χ0n) is 11.8. The molecule has 0 unspecified atom stereocenters. The van der Waals surface area contributed by atoms with Crippen LogP contribution in [0.5, 0.6) is 0 Å². The van der Waals surface area contributed by atoms with Crippen LogP contribution in [0.2, 0.25) is 0 Å². The number of hydrogen-bond acceptors (Lipinski definition) is 5. The minimum atomic E-state index is 0.147. The number of ketones is 1. The van der Waals surface area contributed by atoms with Crippen molar-refractivity contribution in [2.75, 3.05) is 0 Å². The largest absolute Gasteiger partial charge is 0.339 e. The zero-order chi connectivity index (χ0) is 14.4. The molecule has 0 aliphatic carbocycles. The fourth-order valence-electron chi connectivity index (χ4n) is 1.81. The minimum absolute atomic E-state index is 0.147. The lowest BCUT2D eigenvalue weighted by Gasteiger charge is -1.99. The molecule has 0 radical (unpaired) electrons. The van der Waals surface area contributed by atoms with Crippen molar-refractivity contribution in [2.45, 2.75) is 43.8 Å². The van der Waals surface area contributed by atoms with Gasteiger partial charge in [0, 0.05) is 11.3 Å². The van der Waals surface area contributed by atoms with Crippen LogP contribution < -0.4 is 0 Å². The number of thioether (sulfide) groups is 1. The standard InChI is InChI=1S/C15H18N2O2S/c1-3-5-12(18)9-15-16-14(17-19-15)10-20-13-7-4-6-11(2)8-13/h4,6-8H,3,5,9-10H2,1-2H3. The smallest absolute Gasteiger partial charge is 0.234 e. The van der Waals surface area contributed by atoms with E-state index in [4.69, 9.17) is 4.52 Å². The molecule has 0 atom stereocenters. The van der Waals surface area contributed by atoms with Crippen molar-refractivity contribution in [3.8, 4) is 0 Å². The predicted octanol–water partition coefficient (Wildman–Crippen LogP) is 3.58. The van der Waals surface area contributed by atoms with Crippen molar-refractivity contribution >= 4 is 17.5 Å². The summed E-state index contributed by atoms with van der Waals surface area (Å²) < 4.78 is 5.10. The fraction of sp³-hybridized carbons (Fsp3) is 0.400. The predicted molar refractivity (Wildman–Crippen MR) is 78.7 cm³/mol. The second-order valence-corrected chi connectivity index (χ2v) is 5.72. The molecule has 1 heterocycles. The molecule has 0 saturated heterocycles. The van der Waals surface area contributed by atoms with E-state index in [1.54, 1.807) is 11.8 Å². The molecule has 0 aliphatic rings. The molecular formula is C15H18N2O2S. The number of aryl methyl sites for hydroxylation is 1. The molecule has 0 fully saturated rings. The number of carbonyl (C=O) groups excluding carboxylic acids is 1. The van der Waals surface area contributed by atoms with Crippen molar-refractivity contribution in [3.05, 3.63) is 41.5 Å². The van der Waals surface area contributed by atoms with Gasteiger partial charge in [-0.25, -0.2) is 0 Å². The Hall–Kier alpha value is -1.62. The Labute approximate surface area is 123 Å². The highest BCUT2D eigenvalue weighted by Gasteiger charge is 2.11. The summed E-state index contributed by atoms with van der Waals surface area (Å²) in [5, 5.41) is 3.91. The summed E-state index contributed by atoms with van der Waals surface area (Å²) in [6.45, 7) is 4.05. The van der Waals surface area contributed by atoms with Gasteiger partial charge in [0.2, 0.25) is 5.89 Å². The molecule has 0 saturated carbocycles. The van der Waals surface area contributed by atoms with Gasteiger partial charge in [-0.2, -0.15) is 4.98 Å². The summed E-state index contributed by atoms with van der Waals surface area (Å²) in [6.07, 6.45) is 1.66. The van der Waals surface area contributed by atoms with Crippen molar-refractivity contribution in [3.63, 3.8) is 0 Å². The van der Waals surface area contributed by atoms with Gasteiger partial charge in [-0.15, -0.1) is 11.8 Å². The second-order valence-electron chi connectivity index (χ2n) is 4.67. The number of benzene rings is 1. The minimum Gasteiger partial charge on any atom is -0.339 e. The molecule has 0 spiro atoms. The van der Waals surface area contributed by atoms with Gasteiger partial charge in [0.1, 0.15) is 5.78 Å². The summed E-state index contributed by atoms with van der Waals surface area (Å²) in [5.74, 6) is 1.85. The SMILES string of the molecule is CCCC(=O)Cc1nc(CSc2cccc(C)c2)no1. The maximum absolute atomic E-state index is 11.5. The molecule has 0 N–H and O–H groups in total. The number of nitrogens with zero attached hydrogens (tertiary/aromatic N) is 2. The third-order valence-electron chi connectivity index (χ3n) is 2.74. The molecule has 5 heteroatoms. The fourth-order valence-corrected chi connectivity index (χ4v) is 2.67. The van der Waals surface area contributed by atoms with Gasteiger partial charge in [0.15, 0.2) is 5.82 Å². The van der Waals surface area contributed by atoms with Crippen molar-refractivity contribution < 1.29 is 9.32 Å². The normalized spacial score (nSPS) is 10.7. The van der Waals surface area contributed by atoms with Gasteiger partial charge in [0.25, 0.3) is 0 Å². The lowest BCUT2D eigenvalue weighted by Crippen LogP contribution is -2.02. The van der Waals surface area contributed by atoms with E-state index in [1.165, 1.54) is 10.5 Å². The Morgan fingerprint density at radius 3 is 3.00 bits per heavy atom. The Morgan fingerprint density at radius 1 is 1.40 bits per heavy atom. The van der Waals surface area contributed by atoms with Crippen molar-refractivity contribution in [1.82, 2.24) is 10.1 Å². The van der Waals surface area contributed by atoms with E-state index >= 15 is 0 Å². The average molecular weight is 290 g/mol. The quantitative estimate of drug-likeness (QED) is 0.729. The Bertz CT molecular complexity index is 581. The molecule has 1 aromatic heterocycles. The van der Waals surface area contributed by atoms with Crippen LogP contribution in [-0.2, 0) is 17.0 Å². The highest BCUT2D eigenvalue weighted by atomic mass is 32.2. The summed E-state index contributed by atoms with van der Waals surface area (Å²) in [5.41, 5.74) is 1.23. The topological polar surface area (TPSA) is 56.0 Å². The van der Waals surface area contributed by atoms with Gasteiger partial charge >= 0.3 is 0 Å². The highest BCUT2D eigenvalue weighted by Crippen LogP contribution is 2.22. The first-order chi connectivity index (χ1) is 9.67. The lowest BCUT2D eigenvalue weighted by molar-refractivity contribution is -0.118.